The normalized spacial score (nSPS) is 13.2. The number of hydrogen-bond acceptors (Lipinski definition) is 5. The van der Waals surface area contributed by atoms with Crippen LogP contribution in [0.3, 0.4) is 0 Å². The summed E-state index contributed by atoms with van der Waals surface area (Å²) in [4.78, 5) is 16.5. The van der Waals surface area contributed by atoms with E-state index in [1.807, 2.05) is 31.2 Å². The van der Waals surface area contributed by atoms with Gasteiger partial charge in [0, 0.05) is 24.3 Å². The van der Waals surface area contributed by atoms with Gasteiger partial charge in [0.1, 0.15) is 0 Å². The number of rotatable bonds is 4. The Morgan fingerprint density at radius 1 is 1.12 bits per heavy atom. The monoisotopic (exact) mass is 369 g/mol. The van der Waals surface area contributed by atoms with Crippen molar-refractivity contribution in [2.45, 2.75) is 19.6 Å². The van der Waals surface area contributed by atoms with Gasteiger partial charge in [0.05, 0.1) is 15.5 Å². The Morgan fingerprint density at radius 2 is 1.81 bits per heavy atom. The number of aromatic nitrogens is 2. The van der Waals surface area contributed by atoms with E-state index in [0.717, 1.165) is 16.7 Å². The second kappa shape index (κ2) is 7.21. The van der Waals surface area contributed by atoms with Crippen LogP contribution in [0.15, 0.2) is 57.4 Å². The highest BCUT2D eigenvalue weighted by atomic mass is 32.2. The van der Waals surface area contributed by atoms with Gasteiger partial charge in [0.15, 0.2) is 0 Å². The molecule has 6 nitrogen and oxygen atoms in total. The molecule has 0 aliphatic carbocycles. The lowest BCUT2D eigenvalue weighted by atomic mass is 10.1. The Balaban J connectivity index is 1.81. The summed E-state index contributed by atoms with van der Waals surface area (Å²) in [6.45, 7) is 3.66. The summed E-state index contributed by atoms with van der Waals surface area (Å²) in [5, 5.41) is 3.83. The molecule has 0 fully saturated rings. The summed E-state index contributed by atoms with van der Waals surface area (Å²) >= 11 is 0. The fourth-order valence-electron chi connectivity index (χ4n) is 2.50. The molecule has 2 aromatic carbocycles. The highest BCUT2D eigenvalue weighted by molar-refractivity contribution is 7.92. The molecule has 26 heavy (non-hydrogen) atoms. The Morgan fingerprint density at radius 3 is 2.42 bits per heavy atom. The molecule has 0 spiro atoms. The Hall–Kier alpha value is -2.80. The van der Waals surface area contributed by atoms with Gasteiger partial charge in [0.25, 0.3) is 5.91 Å². The molecule has 1 atom stereocenters. The van der Waals surface area contributed by atoms with Gasteiger partial charge in [-0.25, -0.2) is 4.21 Å². The molecule has 1 unspecified atom stereocenters. The van der Waals surface area contributed by atoms with Crippen molar-refractivity contribution in [3.05, 3.63) is 71.1 Å². The van der Waals surface area contributed by atoms with Gasteiger partial charge in [-0.1, -0.05) is 41.6 Å². The fraction of sp³-hybridized carbons (Fsp3) is 0.211. The summed E-state index contributed by atoms with van der Waals surface area (Å²) in [6.07, 6.45) is 1.51. The molecule has 0 saturated heterocycles. The van der Waals surface area contributed by atoms with Crippen LogP contribution in [0.2, 0.25) is 0 Å². The van der Waals surface area contributed by atoms with E-state index in [0.29, 0.717) is 17.3 Å². The maximum absolute atomic E-state index is 12.8. The van der Waals surface area contributed by atoms with E-state index in [4.69, 9.17) is 4.52 Å². The van der Waals surface area contributed by atoms with Gasteiger partial charge in [-0.2, -0.15) is 9.35 Å². The van der Waals surface area contributed by atoms with Gasteiger partial charge in [-0.15, -0.1) is 0 Å². The van der Waals surface area contributed by atoms with Crippen LogP contribution in [-0.4, -0.2) is 26.5 Å². The minimum atomic E-state index is -2.68. The molecule has 0 bridgehead atoms. The minimum absolute atomic E-state index is 0.242. The van der Waals surface area contributed by atoms with E-state index in [1.165, 1.54) is 6.26 Å². The van der Waals surface area contributed by atoms with E-state index in [1.54, 1.807) is 31.2 Å². The van der Waals surface area contributed by atoms with Crippen LogP contribution in [0.5, 0.6) is 0 Å². The van der Waals surface area contributed by atoms with Crippen molar-refractivity contribution in [1.29, 1.82) is 0 Å². The number of carbonyl (C=O) groups excluding carboxylic acids is 1. The fourth-order valence-corrected chi connectivity index (χ4v) is 3.92. The number of benzene rings is 2. The SMILES string of the molecule is Cc1nc(-c2ccc(C(=O)N=S(C)(=O)Cc3ccccc3C)cc2)no1. The first-order valence-corrected chi connectivity index (χ1v) is 10.1. The van der Waals surface area contributed by atoms with Gasteiger partial charge >= 0.3 is 0 Å². The predicted molar refractivity (Wildman–Crippen MR) is 100 cm³/mol. The molecular weight excluding hydrogens is 350 g/mol. The van der Waals surface area contributed by atoms with Crippen molar-refractivity contribution < 1.29 is 13.5 Å². The topological polar surface area (TPSA) is 85.4 Å². The Labute approximate surface area is 152 Å². The van der Waals surface area contributed by atoms with E-state index >= 15 is 0 Å². The number of amides is 1. The molecule has 0 aliphatic heterocycles. The summed E-state index contributed by atoms with van der Waals surface area (Å²) in [6, 6.07) is 14.3. The molecule has 134 valence electrons. The lowest BCUT2D eigenvalue weighted by molar-refractivity contribution is 0.100. The second-order valence-electron chi connectivity index (χ2n) is 6.14. The lowest BCUT2D eigenvalue weighted by Gasteiger charge is -2.07. The molecule has 3 aromatic rings. The first kappa shape index (κ1) is 18.0. The zero-order chi connectivity index (χ0) is 18.7. The molecular formula is C19H19N3O3S. The highest BCUT2D eigenvalue weighted by Crippen LogP contribution is 2.18. The van der Waals surface area contributed by atoms with Gasteiger partial charge in [0.2, 0.25) is 11.7 Å². The van der Waals surface area contributed by atoms with Crippen LogP contribution in [0.25, 0.3) is 11.4 Å². The first-order chi connectivity index (χ1) is 12.3. The van der Waals surface area contributed by atoms with Crippen molar-refractivity contribution >= 4 is 15.6 Å². The molecule has 7 heteroatoms. The van der Waals surface area contributed by atoms with Gasteiger partial charge in [-0.3, -0.25) is 4.79 Å². The third-order valence-corrected chi connectivity index (χ3v) is 5.28. The molecule has 1 aromatic heterocycles. The number of carbonyl (C=O) groups is 1. The zero-order valence-corrected chi connectivity index (χ0v) is 15.6. The van der Waals surface area contributed by atoms with Crippen LogP contribution in [0, 0.1) is 13.8 Å². The molecule has 0 radical (unpaired) electrons. The molecule has 0 aliphatic rings. The lowest BCUT2D eigenvalue weighted by Crippen LogP contribution is -2.07. The average Bonchev–Trinajstić information content (AvgIpc) is 3.03. The number of hydrogen-bond donors (Lipinski definition) is 0. The molecule has 0 N–H and O–H groups in total. The minimum Gasteiger partial charge on any atom is -0.339 e. The van der Waals surface area contributed by atoms with Gasteiger partial charge < -0.3 is 4.52 Å². The number of nitrogens with zero attached hydrogens (tertiary/aromatic N) is 3. The average molecular weight is 369 g/mol. The van der Waals surface area contributed by atoms with Gasteiger partial charge in [-0.05, 0) is 30.2 Å². The molecule has 1 heterocycles. The van der Waals surface area contributed by atoms with E-state index in [-0.39, 0.29) is 5.75 Å². The maximum Gasteiger partial charge on any atom is 0.285 e. The quantitative estimate of drug-likeness (QED) is 0.698. The summed E-state index contributed by atoms with van der Waals surface area (Å²) in [5.41, 5.74) is 3.06. The van der Waals surface area contributed by atoms with E-state index in [2.05, 4.69) is 14.5 Å². The summed E-state index contributed by atoms with van der Waals surface area (Å²) in [7, 11) is -2.68. The smallest absolute Gasteiger partial charge is 0.285 e. The van der Waals surface area contributed by atoms with Crippen LogP contribution in [0.4, 0.5) is 0 Å². The number of aryl methyl sites for hydroxylation is 2. The third kappa shape index (κ3) is 4.23. The van der Waals surface area contributed by atoms with E-state index < -0.39 is 15.6 Å². The molecule has 0 saturated carbocycles. The van der Waals surface area contributed by atoms with Crippen molar-refractivity contribution in [2.24, 2.45) is 4.36 Å². The van der Waals surface area contributed by atoms with Crippen molar-refractivity contribution in [1.82, 2.24) is 10.1 Å². The van der Waals surface area contributed by atoms with Crippen molar-refractivity contribution in [3.8, 4) is 11.4 Å². The van der Waals surface area contributed by atoms with Crippen LogP contribution >= 0.6 is 0 Å². The second-order valence-corrected chi connectivity index (χ2v) is 8.53. The standard InChI is InChI=1S/C19H19N3O3S/c1-13-6-4-5-7-17(13)12-26(3,24)22-19(23)16-10-8-15(9-11-16)18-20-14(2)25-21-18/h4-11H,12H2,1-3H3. The van der Waals surface area contributed by atoms with Crippen LogP contribution in [0.1, 0.15) is 27.4 Å². The summed E-state index contributed by atoms with van der Waals surface area (Å²) < 4.78 is 21.7. The van der Waals surface area contributed by atoms with Crippen molar-refractivity contribution in [2.75, 3.05) is 6.26 Å². The van der Waals surface area contributed by atoms with E-state index in [9.17, 15) is 9.00 Å². The largest absolute Gasteiger partial charge is 0.339 e. The molecule has 3 rings (SSSR count). The maximum atomic E-state index is 12.8. The molecule has 1 amide bonds. The predicted octanol–water partition coefficient (Wildman–Crippen LogP) is 3.79. The zero-order valence-electron chi connectivity index (χ0n) is 14.8. The third-order valence-electron chi connectivity index (χ3n) is 3.88. The first-order valence-electron chi connectivity index (χ1n) is 8.03. The Bertz CT molecular complexity index is 1060. The highest BCUT2D eigenvalue weighted by Gasteiger charge is 2.12. The summed E-state index contributed by atoms with van der Waals surface area (Å²) in [5.74, 6) is 0.669. The Kier molecular flexibility index (Phi) is 4.99. The van der Waals surface area contributed by atoms with Crippen LogP contribution in [-0.2, 0) is 15.5 Å². The van der Waals surface area contributed by atoms with Crippen LogP contribution < -0.4 is 0 Å². The van der Waals surface area contributed by atoms with Crippen molar-refractivity contribution in [3.63, 3.8) is 0 Å².